The maximum absolute atomic E-state index is 12.6. The molecule has 6 nitrogen and oxygen atoms in total. The van der Waals surface area contributed by atoms with E-state index < -0.39 is 22.1 Å². The molecule has 0 amide bonds. The average molecular weight is 429 g/mol. The van der Waals surface area contributed by atoms with Crippen molar-refractivity contribution in [3.05, 3.63) is 27.1 Å². The third-order valence-electron chi connectivity index (χ3n) is 2.82. The van der Waals surface area contributed by atoms with Gasteiger partial charge in [0.2, 0.25) is 10.0 Å². The van der Waals surface area contributed by atoms with Gasteiger partial charge in [0.05, 0.1) is 18.0 Å². The van der Waals surface area contributed by atoms with Crippen molar-refractivity contribution < 1.29 is 23.1 Å². The Hall–Kier alpha value is -0.480. The van der Waals surface area contributed by atoms with Crippen LogP contribution in [0.5, 0.6) is 0 Å². The molecular formula is C11H11Br2NO5S. The molecule has 1 saturated heterocycles. The van der Waals surface area contributed by atoms with Gasteiger partial charge in [0.25, 0.3) is 0 Å². The fraction of sp³-hybridized carbons (Fsp3) is 0.364. The third kappa shape index (κ3) is 3.22. The van der Waals surface area contributed by atoms with E-state index in [1.54, 1.807) is 12.1 Å². The van der Waals surface area contributed by atoms with Gasteiger partial charge < -0.3 is 9.84 Å². The van der Waals surface area contributed by atoms with Gasteiger partial charge in [-0.15, -0.1) is 0 Å². The summed E-state index contributed by atoms with van der Waals surface area (Å²) in [5, 5.41) is 8.93. The van der Waals surface area contributed by atoms with Crippen LogP contribution < -0.4 is 0 Å². The summed E-state index contributed by atoms with van der Waals surface area (Å²) in [5.74, 6) is -1.17. The largest absolute Gasteiger partial charge is 0.479 e. The predicted molar refractivity (Wildman–Crippen MR) is 78.0 cm³/mol. The van der Waals surface area contributed by atoms with E-state index in [-0.39, 0.29) is 24.6 Å². The molecule has 1 aromatic rings. The zero-order valence-electron chi connectivity index (χ0n) is 10.1. The number of aliphatic carboxylic acids is 1. The van der Waals surface area contributed by atoms with Crippen molar-refractivity contribution in [2.24, 2.45) is 0 Å². The Labute approximate surface area is 133 Å². The molecule has 0 radical (unpaired) electrons. The number of nitrogens with zero attached hydrogens (tertiary/aromatic N) is 1. The minimum atomic E-state index is -3.77. The molecule has 1 aromatic carbocycles. The normalized spacial score (nSPS) is 20.8. The van der Waals surface area contributed by atoms with Crippen LogP contribution in [0.15, 0.2) is 32.0 Å². The van der Waals surface area contributed by atoms with Gasteiger partial charge in [-0.05, 0) is 34.1 Å². The molecule has 1 N–H and O–H groups in total. The minimum Gasteiger partial charge on any atom is -0.479 e. The molecule has 1 unspecified atom stereocenters. The second kappa shape index (κ2) is 6.10. The average Bonchev–Trinajstić information content (AvgIpc) is 2.41. The lowest BCUT2D eigenvalue weighted by Gasteiger charge is -2.30. The lowest BCUT2D eigenvalue weighted by atomic mass is 10.3. The van der Waals surface area contributed by atoms with E-state index in [1.807, 2.05) is 0 Å². The van der Waals surface area contributed by atoms with Crippen LogP contribution >= 0.6 is 31.9 Å². The van der Waals surface area contributed by atoms with Gasteiger partial charge in [0.15, 0.2) is 6.10 Å². The maximum Gasteiger partial charge on any atom is 0.334 e. The number of hydrogen-bond acceptors (Lipinski definition) is 4. The van der Waals surface area contributed by atoms with E-state index in [4.69, 9.17) is 9.84 Å². The first kappa shape index (κ1) is 15.9. The molecule has 0 aromatic heterocycles. The van der Waals surface area contributed by atoms with Crippen molar-refractivity contribution >= 4 is 47.9 Å². The van der Waals surface area contributed by atoms with E-state index in [1.165, 1.54) is 6.07 Å². The van der Waals surface area contributed by atoms with Crippen LogP contribution in [-0.2, 0) is 19.6 Å². The van der Waals surface area contributed by atoms with Gasteiger partial charge >= 0.3 is 5.97 Å². The summed E-state index contributed by atoms with van der Waals surface area (Å²) >= 11 is 6.43. The Morgan fingerprint density at radius 2 is 2.10 bits per heavy atom. The van der Waals surface area contributed by atoms with Gasteiger partial charge in [0.1, 0.15) is 0 Å². The van der Waals surface area contributed by atoms with E-state index in [2.05, 4.69) is 31.9 Å². The van der Waals surface area contributed by atoms with Gasteiger partial charge in [-0.2, -0.15) is 4.31 Å². The number of carbonyl (C=O) groups is 1. The number of hydrogen-bond donors (Lipinski definition) is 1. The Balaban J connectivity index is 2.35. The molecule has 9 heteroatoms. The first-order chi connectivity index (χ1) is 9.32. The number of sulfonamides is 1. The van der Waals surface area contributed by atoms with Crippen molar-refractivity contribution in [2.75, 3.05) is 19.7 Å². The number of ether oxygens (including phenoxy) is 1. The first-order valence-corrected chi connectivity index (χ1v) is 8.64. The maximum atomic E-state index is 12.6. The molecule has 2 rings (SSSR count). The van der Waals surface area contributed by atoms with Crippen LogP contribution in [0.25, 0.3) is 0 Å². The second-order valence-electron chi connectivity index (χ2n) is 4.14. The number of halogens is 2. The molecule has 0 bridgehead atoms. The monoisotopic (exact) mass is 427 g/mol. The number of rotatable bonds is 3. The van der Waals surface area contributed by atoms with E-state index in [0.717, 1.165) is 4.31 Å². The summed E-state index contributed by atoms with van der Waals surface area (Å²) in [6.07, 6.45) is -1.13. The molecule has 0 spiro atoms. The predicted octanol–water partition coefficient (Wildman–Crippen LogP) is 1.69. The smallest absolute Gasteiger partial charge is 0.334 e. The van der Waals surface area contributed by atoms with Crippen molar-refractivity contribution in [3.8, 4) is 0 Å². The fourth-order valence-corrected chi connectivity index (χ4v) is 4.70. The van der Waals surface area contributed by atoms with E-state index in [9.17, 15) is 13.2 Å². The zero-order valence-corrected chi connectivity index (χ0v) is 14.1. The van der Waals surface area contributed by atoms with Gasteiger partial charge in [-0.1, -0.05) is 15.9 Å². The van der Waals surface area contributed by atoms with Crippen molar-refractivity contribution in [3.63, 3.8) is 0 Å². The highest BCUT2D eigenvalue weighted by Gasteiger charge is 2.34. The summed E-state index contributed by atoms with van der Waals surface area (Å²) in [7, 11) is -3.77. The van der Waals surface area contributed by atoms with Crippen molar-refractivity contribution in [1.82, 2.24) is 4.31 Å². The highest BCUT2D eigenvalue weighted by atomic mass is 79.9. The molecule has 110 valence electrons. The van der Waals surface area contributed by atoms with Gasteiger partial charge in [-0.25, -0.2) is 13.2 Å². The summed E-state index contributed by atoms with van der Waals surface area (Å²) in [6, 6.07) is 4.80. The Morgan fingerprint density at radius 1 is 1.40 bits per heavy atom. The molecule has 1 aliphatic heterocycles. The zero-order chi connectivity index (χ0) is 14.9. The van der Waals surface area contributed by atoms with Crippen LogP contribution in [0.1, 0.15) is 0 Å². The minimum absolute atomic E-state index is 0.0574. The molecule has 0 aliphatic carbocycles. The number of carboxylic acids is 1. The molecule has 20 heavy (non-hydrogen) atoms. The molecule has 1 heterocycles. The van der Waals surface area contributed by atoms with Crippen LogP contribution in [0.3, 0.4) is 0 Å². The van der Waals surface area contributed by atoms with Crippen molar-refractivity contribution in [1.29, 1.82) is 0 Å². The molecule has 0 saturated carbocycles. The lowest BCUT2D eigenvalue weighted by molar-refractivity contribution is -0.153. The second-order valence-corrected chi connectivity index (χ2v) is 7.81. The van der Waals surface area contributed by atoms with Gasteiger partial charge in [0, 0.05) is 15.5 Å². The SMILES string of the molecule is O=C(O)C1CN(S(=O)(=O)c2cc(Br)ccc2Br)CCO1. The Morgan fingerprint density at radius 3 is 2.75 bits per heavy atom. The fourth-order valence-electron chi connectivity index (χ4n) is 1.81. The van der Waals surface area contributed by atoms with Crippen LogP contribution in [0, 0.1) is 0 Å². The van der Waals surface area contributed by atoms with Crippen LogP contribution in [0.2, 0.25) is 0 Å². The third-order valence-corrected chi connectivity index (χ3v) is 6.17. The van der Waals surface area contributed by atoms with E-state index in [0.29, 0.717) is 8.95 Å². The Bertz CT molecular complexity index is 634. The van der Waals surface area contributed by atoms with Crippen molar-refractivity contribution in [2.45, 2.75) is 11.0 Å². The quantitative estimate of drug-likeness (QED) is 0.791. The van der Waals surface area contributed by atoms with Crippen LogP contribution in [0.4, 0.5) is 0 Å². The highest BCUT2D eigenvalue weighted by molar-refractivity contribution is 9.11. The number of benzene rings is 1. The summed E-state index contributed by atoms with van der Waals surface area (Å²) < 4.78 is 32.3. The highest BCUT2D eigenvalue weighted by Crippen LogP contribution is 2.29. The lowest BCUT2D eigenvalue weighted by Crippen LogP contribution is -2.48. The molecule has 1 aliphatic rings. The topological polar surface area (TPSA) is 83.9 Å². The summed E-state index contributed by atoms with van der Waals surface area (Å²) in [5.41, 5.74) is 0. The first-order valence-electron chi connectivity index (χ1n) is 5.62. The van der Waals surface area contributed by atoms with E-state index >= 15 is 0 Å². The molecular weight excluding hydrogens is 418 g/mol. The summed E-state index contributed by atoms with van der Waals surface area (Å²) in [6.45, 7) is -0.0104. The van der Waals surface area contributed by atoms with Gasteiger partial charge in [-0.3, -0.25) is 0 Å². The molecule has 1 fully saturated rings. The number of carboxylic acid groups (broad SMARTS) is 1. The summed E-state index contributed by atoms with van der Waals surface area (Å²) in [4.78, 5) is 11.0. The van der Waals surface area contributed by atoms with Crippen LogP contribution in [-0.4, -0.2) is 49.6 Å². The standard InChI is InChI=1S/C11H11Br2NO5S/c12-7-1-2-8(13)10(5-7)20(17,18)14-3-4-19-9(6-14)11(15)16/h1-2,5,9H,3-4,6H2,(H,15,16). The Kier molecular flexibility index (Phi) is 4.85. The number of morpholine rings is 1. The molecule has 1 atom stereocenters.